The third-order valence-corrected chi connectivity index (χ3v) is 2.74. The van der Waals surface area contributed by atoms with Gasteiger partial charge in [0.25, 0.3) is 0 Å². The molecule has 1 aliphatic carbocycles. The highest BCUT2D eigenvalue weighted by Crippen LogP contribution is 2.28. The molecule has 1 fully saturated rings. The van der Waals surface area contributed by atoms with Gasteiger partial charge in [-0.05, 0) is 30.5 Å². The summed E-state index contributed by atoms with van der Waals surface area (Å²) < 4.78 is 12.7. The van der Waals surface area contributed by atoms with Gasteiger partial charge in [-0.15, -0.1) is 0 Å². The summed E-state index contributed by atoms with van der Waals surface area (Å²) in [7, 11) is 0. The highest BCUT2D eigenvalue weighted by molar-refractivity contribution is 5.80. The van der Waals surface area contributed by atoms with Crippen LogP contribution in [0.25, 0.3) is 0 Å². The SMILES string of the molecule is NC(CNC(=O)C1CC1)c1ccc(F)cc1. The quantitative estimate of drug-likeness (QED) is 0.808. The van der Waals surface area contributed by atoms with Crippen LogP contribution in [0.1, 0.15) is 24.4 Å². The van der Waals surface area contributed by atoms with E-state index in [1.54, 1.807) is 12.1 Å². The van der Waals surface area contributed by atoms with E-state index in [4.69, 9.17) is 5.73 Å². The number of carbonyl (C=O) groups excluding carboxylic acids is 1. The van der Waals surface area contributed by atoms with E-state index in [2.05, 4.69) is 5.32 Å². The molecule has 3 nitrogen and oxygen atoms in total. The largest absolute Gasteiger partial charge is 0.354 e. The minimum Gasteiger partial charge on any atom is -0.354 e. The Bertz CT molecular complexity index is 373. The molecule has 1 atom stereocenters. The van der Waals surface area contributed by atoms with Gasteiger partial charge in [0.1, 0.15) is 5.82 Å². The molecule has 1 aromatic carbocycles. The van der Waals surface area contributed by atoms with Crippen LogP contribution < -0.4 is 11.1 Å². The zero-order valence-corrected chi connectivity index (χ0v) is 8.95. The molecule has 2 rings (SSSR count). The standard InChI is InChI=1S/C12H15FN2O/c13-10-5-3-8(4-6-10)11(14)7-15-12(16)9-1-2-9/h3-6,9,11H,1-2,7,14H2,(H,15,16). The maximum Gasteiger partial charge on any atom is 0.223 e. The van der Waals surface area contributed by atoms with Gasteiger partial charge in [0, 0.05) is 18.5 Å². The fourth-order valence-electron chi connectivity index (χ4n) is 1.53. The number of nitrogens with one attached hydrogen (secondary N) is 1. The van der Waals surface area contributed by atoms with Crippen molar-refractivity contribution in [3.63, 3.8) is 0 Å². The molecular weight excluding hydrogens is 207 g/mol. The first-order valence-corrected chi connectivity index (χ1v) is 5.45. The maximum atomic E-state index is 12.7. The monoisotopic (exact) mass is 222 g/mol. The van der Waals surface area contributed by atoms with Gasteiger partial charge in [0.15, 0.2) is 0 Å². The molecule has 86 valence electrons. The Morgan fingerprint density at radius 2 is 2.06 bits per heavy atom. The van der Waals surface area contributed by atoms with Gasteiger partial charge in [-0.2, -0.15) is 0 Å². The average molecular weight is 222 g/mol. The molecule has 1 saturated carbocycles. The molecule has 1 amide bonds. The van der Waals surface area contributed by atoms with Crippen molar-refractivity contribution in [1.82, 2.24) is 5.32 Å². The Kier molecular flexibility index (Phi) is 3.19. The Balaban J connectivity index is 1.84. The molecule has 0 bridgehead atoms. The number of amides is 1. The summed E-state index contributed by atoms with van der Waals surface area (Å²) in [6, 6.07) is 5.76. The fraction of sp³-hybridized carbons (Fsp3) is 0.417. The van der Waals surface area contributed by atoms with E-state index in [9.17, 15) is 9.18 Å². The topological polar surface area (TPSA) is 55.1 Å². The summed E-state index contributed by atoms with van der Waals surface area (Å²) >= 11 is 0. The molecule has 3 N–H and O–H groups in total. The van der Waals surface area contributed by atoms with E-state index in [1.165, 1.54) is 12.1 Å². The molecule has 0 aliphatic heterocycles. The van der Waals surface area contributed by atoms with Crippen LogP contribution in [0.3, 0.4) is 0 Å². The van der Waals surface area contributed by atoms with Crippen molar-refractivity contribution in [2.45, 2.75) is 18.9 Å². The molecule has 0 heterocycles. The molecule has 4 heteroatoms. The molecule has 0 radical (unpaired) electrons. The van der Waals surface area contributed by atoms with E-state index in [-0.39, 0.29) is 23.7 Å². The Hall–Kier alpha value is -1.42. The van der Waals surface area contributed by atoms with Crippen LogP contribution in [0.4, 0.5) is 4.39 Å². The first kappa shape index (κ1) is 11.1. The minimum atomic E-state index is -0.280. The number of carbonyl (C=O) groups is 1. The number of hydrogen-bond donors (Lipinski definition) is 2. The highest BCUT2D eigenvalue weighted by atomic mass is 19.1. The van der Waals surface area contributed by atoms with Crippen molar-refractivity contribution in [1.29, 1.82) is 0 Å². The second kappa shape index (κ2) is 4.61. The van der Waals surface area contributed by atoms with E-state index >= 15 is 0 Å². The van der Waals surface area contributed by atoms with Crippen molar-refractivity contribution in [3.05, 3.63) is 35.6 Å². The summed E-state index contributed by atoms with van der Waals surface area (Å²) in [5, 5.41) is 2.80. The lowest BCUT2D eigenvalue weighted by Crippen LogP contribution is -2.32. The molecular formula is C12H15FN2O. The molecule has 0 spiro atoms. The van der Waals surface area contributed by atoms with Crippen LogP contribution in [0.2, 0.25) is 0 Å². The van der Waals surface area contributed by atoms with Gasteiger partial charge >= 0.3 is 0 Å². The zero-order chi connectivity index (χ0) is 11.5. The van der Waals surface area contributed by atoms with Gasteiger partial charge in [-0.25, -0.2) is 4.39 Å². The molecule has 1 aromatic rings. The molecule has 1 unspecified atom stereocenters. The van der Waals surface area contributed by atoms with E-state index in [0.717, 1.165) is 18.4 Å². The van der Waals surface area contributed by atoms with Crippen molar-refractivity contribution in [3.8, 4) is 0 Å². The zero-order valence-electron chi connectivity index (χ0n) is 8.95. The average Bonchev–Trinajstić information content (AvgIpc) is 3.10. The summed E-state index contributed by atoms with van der Waals surface area (Å²) in [4.78, 5) is 11.4. The Morgan fingerprint density at radius 3 is 2.62 bits per heavy atom. The first-order valence-electron chi connectivity index (χ1n) is 5.45. The van der Waals surface area contributed by atoms with Crippen molar-refractivity contribution in [2.75, 3.05) is 6.54 Å². The van der Waals surface area contributed by atoms with Crippen molar-refractivity contribution < 1.29 is 9.18 Å². The van der Waals surface area contributed by atoms with E-state index in [1.807, 2.05) is 0 Å². The fourth-order valence-corrected chi connectivity index (χ4v) is 1.53. The van der Waals surface area contributed by atoms with Gasteiger partial charge in [0.2, 0.25) is 5.91 Å². The maximum absolute atomic E-state index is 12.7. The smallest absolute Gasteiger partial charge is 0.223 e. The van der Waals surface area contributed by atoms with Crippen molar-refractivity contribution in [2.24, 2.45) is 11.7 Å². The highest BCUT2D eigenvalue weighted by Gasteiger charge is 2.29. The predicted molar refractivity (Wildman–Crippen MR) is 59.1 cm³/mol. The van der Waals surface area contributed by atoms with Gasteiger partial charge in [0.05, 0.1) is 0 Å². The van der Waals surface area contributed by atoms with E-state index < -0.39 is 0 Å². The number of halogens is 1. The van der Waals surface area contributed by atoms with Crippen LogP contribution >= 0.6 is 0 Å². The Labute approximate surface area is 93.8 Å². The number of rotatable bonds is 4. The summed E-state index contributed by atoms with van der Waals surface area (Å²) in [6.07, 6.45) is 1.97. The van der Waals surface area contributed by atoms with E-state index in [0.29, 0.717) is 6.54 Å². The lowest BCUT2D eigenvalue weighted by Gasteiger charge is -2.12. The lowest BCUT2D eigenvalue weighted by atomic mass is 10.1. The second-order valence-corrected chi connectivity index (χ2v) is 4.18. The summed E-state index contributed by atoms with van der Waals surface area (Å²) in [5.41, 5.74) is 6.71. The minimum absolute atomic E-state index is 0.0811. The van der Waals surface area contributed by atoms with Crippen LogP contribution in [0, 0.1) is 11.7 Å². The molecule has 0 saturated heterocycles. The van der Waals surface area contributed by atoms with Gasteiger partial charge in [-0.1, -0.05) is 12.1 Å². The van der Waals surface area contributed by atoms with Gasteiger partial charge in [-0.3, -0.25) is 4.79 Å². The Morgan fingerprint density at radius 1 is 1.44 bits per heavy atom. The number of hydrogen-bond acceptors (Lipinski definition) is 2. The number of nitrogens with two attached hydrogens (primary N) is 1. The first-order chi connectivity index (χ1) is 7.66. The summed E-state index contributed by atoms with van der Waals surface area (Å²) in [6.45, 7) is 0.404. The summed E-state index contributed by atoms with van der Waals surface area (Å²) in [5.74, 6) is -0.00375. The number of benzene rings is 1. The van der Waals surface area contributed by atoms with Crippen LogP contribution in [0.5, 0.6) is 0 Å². The normalized spacial score (nSPS) is 16.9. The van der Waals surface area contributed by atoms with Crippen LogP contribution in [0.15, 0.2) is 24.3 Å². The third-order valence-electron chi connectivity index (χ3n) is 2.74. The van der Waals surface area contributed by atoms with Gasteiger partial charge < -0.3 is 11.1 Å². The third kappa shape index (κ3) is 2.79. The lowest BCUT2D eigenvalue weighted by molar-refractivity contribution is -0.122. The predicted octanol–water partition coefficient (Wildman–Crippen LogP) is 1.35. The van der Waals surface area contributed by atoms with Crippen LogP contribution in [-0.4, -0.2) is 12.5 Å². The molecule has 0 aromatic heterocycles. The van der Waals surface area contributed by atoms with Crippen molar-refractivity contribution >= 4 is 5.91 Å². The molecule has 16 heavy (non-hydrogen) atoms. The second-order valence-electron chi connectivity index (χ2n) is 4.18. The van der Waals surface area contributed by atoms with Crippen LogP contribution in [-0.2, 0) is 4.79 Å². The molecule has 1 aliphatic rings.